The molecule has 78 valence electrons. The summed E-state index contributed by atoms with van der Waals surface area (Å²) in [5, 5.41) is 2.46. The highest BCUT2D eigenvalue weighted by atomic mass is 32.1. The van der Waals surface area contributed by atoms with Crippen molar-refractivity contribution in [2.75, 3.05) is 5.73 Å². The Labute approximate surface area is 97.7 Å². The fraction of sp³-hybridized carbons (Fsp3) is 0. The molecule has 0 saturated heterocycles. The number of hydrogen-bond donors (Lipinski definition) is 1. The minimum absolute atomic E-state index is 0.565. The van der Waals surface area contributed by atoms with Gasteiger partial charge in [-0.3, -0.25) is 4.98 Å². The number of thiazole rings is 1. The van der Waals surface area contributed by atoms with Crippen molar-refractivity contribution >= 4 is 28.6 Å². The first kappa shape index (κ1) is 10.4. The van der Waals surface area contributed by atoms with Crippen LogP contribution in [-0.4, -0.2) is 9.97 Å². The zero-order chi connectivity index (χ0) is 11.4. The van der Waals surface area contributed by atoms with E-state index in [4.69, 9.17) is 12.2 Å². The third-order valence-electron chi connectivity index (χ3n) is 1.92. The van der Waals surface area contributed by atoms with Gasteiger partial charge in [-0.2, -0.15) is 0 Å². The van der Waals surface area contributed by atoms with E-state index in [0.717, 1.165) is 17.0 Å². The molecule has 2 heterocycles. The van der Waals surface area contributed by atoms with Gasteiger partial charge in [0.15, 0.2) is 5.13 Å². The molecule has 0 atom stereocenters. The minimum atomic E-state index is 0.565. The summed E-state index contributed by atoms with van der Waals surface area (Å²) in [6.45, 7) is 0. The first-order valence-electron chi connectivity index (χ1n) is 4.59. The molecule has 0 aliphatic rings. The van der Waals surface area contributed by atoms with Crippen LogP contribution in [0.5, 0.6) is 0 Å². The molecular formula is C12H9N3S. The van der Waals surface area contributed by atoms with E-state index >= 15 is 0 Å². The van der Waals surface area contributed by atoms with Crippen molar-refractivity contribution in [2.45, 2.75) is 0 Å². The topological polar surface area (TPSA) is 51.8 Å². The van der Waals surface area contributed by atoms with Gasteiger partial charge >= 0.3 is 0 Å². The van der Waals surface area contributed by atoms with Crippen molar-refractivity contribution < 1.29 is 0 Å². The Kier molecular flexibility index (Phi) is 2.99. The predicted octanol–water partition coefficient (Wildman–Crippen LogP) is 2.27. The van der Waals surface area contributed by atoms with Gasteiger partial charge in [0.2, 0.25) is 0 Å². The molecule has 0 aromatic carbocycles. The van der Waals surface area contributed by atoms with E-state index in [0.29, 0.717) is 5.13 Å². The second-order valence-electron chi connectivity index (χ2n) is 3.06. The van der Waals surface area contributed by atoms with Crippen LogP contribution in [0.25, 0.3) is 12.2 Å². The second-order valence-corrected chi connectivity index (χ2v) is 3.95. The van der Waals surface area contributed by atoms with E-state index < -0.39 is 0 Å². The van der Waals surface area contributed by atoms with Gasteiger partial charge in [0.05, 0.1) is 11.4 Å². The lowest BCUT2D eigenvalue weighted by molar-refractivity contribution is 1.28. The molecule has 16 heavy (non-hydrogen) atoms. The SMILES string of the molecule is C#Cc1ccc(/C=C/c2csc(N)n2)nc1. The van der Waals surface area contributed by atoms with Crippen LogP contribution in [0.2, 0.25) is 0 Å². The van der Waals surface area contributed by atoms with Crippen LogP contribution in [0.15, 0.2) is 23.7 Å². The predicted molar refractivity (Wildman–Crippen MR) is 67.6 cm³/mol. The summed E-state index contributed by atoms with van der Waals surface area (Å²) in [5.74, 6) is 2.52. The zero-order valence-corrected chi connectivity index (χ0v) is 9.24. The Balaban J connectivity index is 2.15. The van der Waals surface area contributed by atoms with Crippen LogP contribution in [0.3, 0.4) is 0 Å². The van der Waals surface area contributed by atoms with Gasteiger partial charge in [-0.1, -0.05) is 5.92 Å². The van der Waals surface area contributed by atoms with Gasteiger partial charge in [0, 0.05) is 17.1 Å². The molecule has 2 rings (SSSR count). The van der Waals surface area contributed by atoms with Crippen LogP contribution >= 0.6 is 11.3 Å². The van der Waals surface area contributed by atoms with Crippen molar-refractivity contribution in [2.24, 2.45) is 0 Å². The van der Waals surface area contributed by atoms with E-state index in [-0.39, 0.29) is 0 Å². The second kappa shape index (κ2) is 4.60. The molecule has 0 saturated carbocycles. The fourth-order valence-corrected chi connectivity index (χ4v) is 1.67. The van der Waals surface area contributed by atoms with Crippen molar-refractivity contribution in [1.29, 1.82) is 0 Å². The number of nitrogens with zero attached hydrogens (tertiary/aromatic N) is 2. The third kappa shape index (κ3) is 2.47. The Bertz CT molecular complexity index is 546. The molecule has 0 bridgehead atoms. The molecule has 0 unspecified atom stereocenters. The summed E-state index contributed by atoms with van der Waals surface area (Å²) >= 11 is 1.41. The molecule has 0 aliphatic carbocycles. The average Bonchev–Trinajstić information content (AvgIpc) is 2.73. The quantitative estimate of drug-likeness (QED) is 0.801. The molecule has 3 nitrogen and oxygen atoms in total. The number of terminal acetylenes is 1. The summed E-state index contributed by atoms with van der Waals surface area (Å²) in [5.41, 5.74) is 7.97. The molecule has 2 aromatic heterocycles. The highest BCUT2D eigenvalue weighted by molar-refractivity contribution is 7.13. The van der Waals surface area contributed by atoms with Crippen molar-refractivity contribution in [3.63, 3.8) is 0 Å². The van der Waals surface area contributed by atoms with Gasteiger partial charge in [0.25, 0.3) is 0 Å². The monoisotopic (exact) mass is 227 g/mol. The molecule has 4 heteroatoms. The molecule has 0 aliphatic heterocycles. The normalized spacial score (nSPS) is 10.4. The number of anilines is 1. The van der Waals surface area contributed by atoms with E-state index in [9.17, 15) is 0 Å². The summed E-state index contributed by atoms with van der Waals surface area (Å²) in [4.78, 5) is 8.30. The Morgan fingerprint density at radius 1 is 1.31 bits per heavy atom. The summed E-state index contributed by atoms with van der Waals surface area (Å²) in [6, 6.07) is 3.71. The molecule has 0 spiro atoms. The van der Waals surface area contributed by atoms with Gasteiger partial charge in [-0.15, -0.1) is 17.8 Å². The van der Waals surface area contributed by atoms with Gasteiger partial charge in [-0.25, -0.2) is 4.98 Å². The maximum atomic E-state index is 5.52. The largest absolute Gasteiger partial charge is 0.375 e. The van der Waals surface area contributed by atoms with Crippen LogP contribution in [0.1, 0.15) is 17.0 Å². The molecular weight excluding hydrogens is 218 g/mol. The first-order valence-corrected chi connectivity index (χ1v) is 5.47. The Morgan fingerprint density at radius 3 is 2.69 bits per heavy atom. The van der Waals surface area contributed by atoms with Crippen molar-refractivity contribution in [3.8, 4) is 12.3 Å². The summed E-state index contributed by atoms with van der Waals surface area (Å²) < 4.78 is 0. The fourth-order valence-electron chi connectivity index (χ4n) is 1.14. The van der Waals surface area contributed by atoms with Gasteiger partial charge < -0.3 is 5.73 Å². The number of aromatic nitrogens is 2. The third-order valence-corrected chi connectivity index (χ3v) is 2.61. The molecule has 2 N–H and O–H groups in total. The zero-order valence-electron chi connectivity index (χ0n) is 8.42. The summed E-state index contributed by atoms with van der Waals surface area (Å²) in [6.07, 6.45) is 10.6. The lowest BCUT2D eigenvalue weighted by Gasteiger charge is -1.92. The minimum Gasteiger partial charge on any atom is -0.375 e. The van der Waals surface area contributed by atoms with E-state index in [1.54, 1.807) is 6.20 Å². The molecule has 2 aromatic rings. The van der Waals surface area contributed by atoms with Crippen LogP contribution in [-0.2, 0) is 0 Å². The number of nitrogens with two attached hydrogens (primary N) is 1. The first-order chi connectivity index (χ1) is 7.78. The molecule has 0 radical (unpaired) electrons. The standard InChI is InChI=1S/C12H9N3S/c1-2-9-3-4-10(14-7-9)5-6-11-8-16-12(13)15-11/h1,3-8H,(H2,13,15)/b6-5+. The highest BCUT2D eigenvalue weighted by Crippen LogP contribution is 2.13. The number of hydrogen-bond acceptors (Lipinski definition) is 4. The van der Waals surface area contributed by atoms with E-state index in [1.165, 1.54) is 11.3 Å². The van der Waals surface area contributed by atoms with Crippen LogP contribution in [0.4, 0.5) is 5.13 Å². The van der Waals surface area contributed by atoms with Gasteiger partial charge in [-0.05, 0) is 24.3 Å². The summed E-state index contributed by atoms with van der Waals surface area (Å²) in [7, 11) is 0. The molecule has 0 amide bonds. The van der Waals surface area contributed by atoms with Crippen molar-refractivity contribution in [1.82, 2.24) is 9.97 Å². The number of pyridine rings is 1. The van der Waals surface area contributed by atoms with Crippen LogP contribution < -0.4 is 5.73 Å². The van der Waals surface area contributed by atoms with E-state index in [1.807, 2.05) is 29.7 Å². The highest BCUT2D eigenvalue weighted by Gasteiger charge is 1.94. The number of nitrogen functional groups attached to an aromatic ring is 1. The van der Waals surface area contributed by atoms with Crippen LogP contribution in [0, 0.1) is 12.3 Å². The Morgan fingerprint density at radius 2 is 2.12 bits per heavy atom. The lowest BCUT2D eigenvalue weighted by Crippen LogP contribution is -1.83. The maximum absolute atomic E-state index is 5.52. The van der Waals surface area contributed by atoms with Crippen molar-refractivity contribution in [3.05, 3.63) is 40.7 Å². The maximum Gasteiger partial charge on any atom is 0.180 e. The van der Waals surface area contributed by atoms with E-state index in [2.05, 4.69) is 15.9 Å². The smallest absolute Gasteiger partial charge is 0.180 e. The number of rotatable bonds is 2. The Hall–Kier alpha value is -2.12. The average molecular weight is 227 g/mol. The van der Waals surface area contributed by atoms with Gasteiger partial charge in [0.1, 0.15) is 0 Å². The molecule has 0 fully saturated rings. The lowest BCUT2D eigenvalue weighted by atomic mass is 10.2.